The highest BCUT2D eigenvalue weighted by molar-refractivity contribution is 5.99. The number of hydrogen-bond donors (Lipinski definition) is 0. The lowest BCUT2D eigenvalue weighted by molar-refractivity contribution is 0.0991. The molecular weight excluding hydrogens is 244 g/mol. The van der Waals surface area contributed by atoms with E-state index in [0.29, 0.717) is 22.8 Å². The fourth-order valence-corrected chi connectivity index (χ4v) is 2.02. The number of aryl methyl sites for hydroxylation is 1. The SMILES string of the molecule is Cc1cc2c(cc1C(=O)Cc1cnccn1)OCO2. The molecule has 19 heavy (non-hydrogen) atoms. The molecule has 0 spiro atoms. The number of Topliss-reactive ketones (excluding diaryl/α,β-unsaturated/α-hetero) is 1. The number of carbonyl (C=O) groups is 1. The molecule has 1 aliphatic heterocycles. The van der Waals surface area contributed by atoms with Crippen LogP contribution in [0.2, 0.25) is 0 Å². The lowest BCUT2D eigenvalue weighted by atomic mass is 10.0. The molecule has 5 nitrogen and oxygen atoms in total. The molecule has 0 radical (unpaired) electrons. The minimum atomic E-state index is -0.00343. The van der Waals surface area contributed by atoms with E-state index in [4.69, 9.17) is 9.47 Å². The average molecular weight is 256 g/mol. The lowest BCUT2D eigenvalue weighted by Crippen LogP contribution is -2.07. The number of ketones is 1. The summed E-state index contributed by atoms with van der Waals surface area (Å²) in [5.41, 5.74) is 2.16. The summed E-state index contributed by atoms with van der Waals surface area (Å²) in [5, 5.41) is 0. The van der Waals surface area contributed by atoms with Crippen molar-refractivity contribution in [1.29, 1.82) is 0 Å². The first-order chi connectivity index (χ1) is 9.24. The van der Waals surface area contributed by atoms with Gasteiger partial charge in [0.15, 0.2) is 17.3 Å². The third kappa shape index (κ3) is 2.27. The van der Waals surface area contributed by atoms with Crippen LogP contribution >= 0.6 is 0 Å². The van der Waals surface area contributed by atoms with Crippen molar-refractivity contribution < 1.29 is 14.3 Å². The van der Waals surface area contributed by atoms with Crippen LogP contribution in [0.1, 0.15) is 21.6 Å². The zero-order valence-electron chi connectivity index (χ0n) is 10.4. The fourth-order valence-electron chi connectivity index (χ4n) is 2.02. The molecule has 0 saturated heterocycles. The van der Waals surface area contributed by atoms with E-state index in [9.17, 15) is 4.79 Å². The first-order valence-corrected chi connectivity index (χ1v) is 5.92. The zero-order valence-corrected chi connectivity index (χ0v) is 10.4. The minimum Gasteiger partial charge on any atom is -0.454 e. The number of ether oxygens (including phenoxy) is 2. The summed E-state index contributed by atoms with van der Waals surface area (Å²) in [6.45, 7) is 2.09. The molecule has 0 amide bonds. The van der Waals surface area contributed by atoms with Crippen LogP contribution in [-0.4, -0.2) is 22.5 Å². The van der Waals surface area contributed by atoms with Gasteiger partial charge in [-0.05, 0) is 24.6 Å². The van der Waals surface area contributed by atoms with Gasteiger partial charge < -0.3 is 9.47 Å². The Morgan fingerprint density at radius 1 is 1.26 bits per heavy atom. The fraction of sp³-hybridized carbons (Fsp3) is 0.214. The Morgan fingerprint density at radius 2 is 2.05 bits per heavy atom. The smallest absolute Gasteiger partial charge is 0.231 e. The van der Waals surface area contributed by atoms with Gasteiger partial charge in [-0.15, -0.1) is 0 Å². The summed E-state index contributed by atoms with van der Waals surface area (Å²) >= 11 is 0. The number of carbonyl (C=O) groups excluding carboxylic acids is 1. The first kappa shape index (κ1) is 11.6. The number of rotatable bonds is 3. The Bertz CT molecular complexity index is 626. The summed E-state index contributed by atoms with van der Waals surface area (Å²) in [4.78, 5) is 20.3. The highest BCUT2D eigenvalue weighted by Crippen LogP contribution is 2.34. The maximum Gasteiger partial charge on any atom is 0.231 e. The summed E-state index contributed by atoms with van der Waals surface area (Å²) in [6, 6.07) is 3.56. The molecule has 5 heteroatoms. The molecule has 0 atom stereocenters. The Kier molecular flexibility index (Phi) is 2.87. The Balaban J connectivity index is 1.88. The molecule has 3 rings (SSSR count). The van der Waals surface area contributed by atoms with Crippen LogP contribution in [0.15, 0.2) is 30.7 Å². The van der Waals surface area contributed by atoms with E-state index in [1.54, 1.807) is 24.7 Å². The Hall–Kier alpha value is -2.43. The molecule has 0 saturated carbocycles. The third-order valence-electron chi connectivity index (χ3n) is 2.98. The summed E-state index contributed by atoms with van der Waals surface area (Å²) < 4.78 is 10.6. The molecule has 1 aliphatic rings. The number of nitrogens with zero attached hydrogens (tertiary/aromatic N) is 2. The van der Waals surface area contributed by atoms with Crippen molar-refractivity contribution in [2.24, 2.45) is 0 Å². The van der Waals surface area contributed by atoms with Gasteiger partial charge in [-0.2, -0.15) is 0 Å². The van der Waals surface area contributed by atoms with E-state index in [1.807, 2.05) is 13.0 Å². The van der Waals surface area contributed by atoms with E-state index in [1.165, 1.54) is 0 Å². The molecule has 0 aliphatic carbocycles. The van der Waals surface area contributed by atoms with Crippen molar-refractivity contribution >= 4 is 5.78 Å². The van der Waals surface area contributed by atoms with Crippen molar-refractivity contribution in [3.63, 3.8) is 0 Å². The van der Waals surface area contributed by atoms with Crippen molar-refractivity contribution in [3.8, 4) is 11.5 Å². The van der Waals surface area contributed by atoms with Crippen LogP contribution in [-0.2, 0) is 6.42 Å². The number of hydrogen-bond acceptors (Lipinski definition) is 5. The Morgan fingerprint density at radius 3 is 2.79 bits per heavy atom. The standard InChI is InChI=1S/C14H12N2O3/c1-9-4-13-14(19-8-18-13)6-11(9)12(17)5-10-7-15-2-3-16-10/h2-4,6-7H,5,8H2,1H3. The van der Waals surface area contributed by atoms with Gasteiger partial charge >= 0.3 is 0 Å². The summed E-state index contributed by atoms with van der Waals surface area (Å²) in [5.74, 6) is 1.30. The van der Waals surface area contributed by atoms with Crippen molar-refractivity contribution in [2.45, 2.75) is 13.3 Å². The van der Waals surface area contributed by atoms with Crippen LogP contribution in [0.3, 0.4) is 0 Å². The topological polar surface area (TPSA) is 61.3 Å². The molecule has 1 aromatic heterocycles. The van der Waals surface area contributed by atoms with Gasteiger partial charge in [0.2, 0.25) is 6.79 Å². The lowest BCUT2D eigenvalue weighted by Gasteiger charge is -2.06. The second-order valence-electron chi connectivity index (χ2n) is 4.32. The monoisotopic (exact) mass is 256 g/mol. The molecule has 0 fully saturated rings. The molecule has 2 aromatic rings. The van der Waals surface area contributed by atoms with Gasteiger partial charge in [-0.25, -0.2) is 0 Å². The first-order valence-electron chi connectivity index (χ1n) is 5.92. The van der Waals surface area contributed by atoms with Crippen LogP contribution in [0.25, 0.3) is 0 Å². The predicted molar refractivity (Wildman–Crippen MR) is 67.4 cm³/mol. The molecular formula is C14H12N2O3. The quantitative estimate of drug-likeness (QED) is 0.785. The average Bonchev–Trinajstić information content (AvgIpc) is 2.86. The van der Waals surface area contributed by atoms with Crippen molar-refractivity contribution in [1.82, 2.24) is 9.97 Å². The number of fused-ring (bicyclic) bond motifs is 1. The van der Waals surface area contributed by atoms with Crippen LogP contribution < -0.4 is 9.47 Å². The second-order valence-corrected chi connectivity index (χ2v) is 4.32. The third-order valence-corrected chi connectivity index (χ3v) is 2.98. The number of benzene rings is 1. The summed E-state index contributed by atoms with van der Waals surface area (Å²) in [7, 11) is 0. The maximum absolute atomic E-state index is 12.3. The normalized spacial score (nSPS) is 12.5. The number of aromatic nitrogens is 2. The van der Waals surface area contributed by atoms with Crippen LogP contribution in [0.4, 0.5) is 0 Å². The molecule has 0 bridgehead atoms. The highest BCUT2D eigenvalue weighted by Gasteiger charge is 2.19. The molecule has 0 unspecified atom stereocenters. The van der Waals surface area contributed by atoms with Crippen LogP contribution in [0, 0.1) is 6.92 Å². The van der Waals surface area contributed by atoms with Gasteiger partial charge in [-0.3, -0.25) is 14.8 Å². The van der Waals surface area contributed by atoms with Crippen LogP contribution in [0.5, 0.6) is 11.5 Å². The van der Waals surface area contributed by atoms with E-state index in [0.717, 1.165) is 5.56 Å². The largest absolute Gasteiger partial charge is 0.454 e. The van der Waals surface area contributed by atoms with Gasteiger partial charge in [0, 0.05) is 24.2 Å². The molecule has 2 heterocycles. The van der Waals surface area contributed by atoms with Gasteiger partial charge in [0.25, 0.3) is 0 Å². The van der Waals surface area contributed by atoms with Gasteiger partial charge in [0.1, 0.15) is 0 Å². The van der Waals surface area contributed by atoms with Gasteiger partial charge in [-0.1, -0.05) is 0 Å². The maximum atomic E-state index is 12.3. The summed E-state index contributed by atoms with van der Waals surface area (Å²) in [6.07, 6.45) is 4.99. The second kappa shape index (κ2) is 4.68. The Labute approximate surface area is 110 Å². The minimum absolute atomic E-state index is 0.00343. The molecule has 96 valence electrons. The van der Waals surface area contributed by atoms with Gasteiger partial charge in [0.05, 0.1) is 12.1 Å². The highest BCUT2D eigenvalue weighted by atomic mass is 16.7. The van der Waals surface area contributed by atoms with E-state index in [2.05, 4.69) is 9.97 Å². The predicted octanol–water partition coefficient (Wildman–Crippen LogP) is 1.94. The zero-order chi connectivity index (χ0) is 13.2. The van der Waals surface area contributed by atoms with Crippen molar-refractivity contribution in [2.75, 3.05) is 6.79 Å². The molecule has 0 N–H and O–H groups in total. The van der Waals surface area contributed by atoms with Crippen molar-refractivity contribution in [3.05, 3.63) is 47.5 Å². The van der Waals surface area contributed by atoms with E-state index < -0.39 is 0 Å². The van der Waals surface area contributed by atoms with E-state index >= 15 is 0 Å². The van der Waals surface area contributed by atoms with E-state index in [-0.39, 0.29) is 19.0 Å². The molecule has 1 aromatic carbocycles.